The summed E-state index contributed by atoms with van der Waals surface area (Å²) in [5.74, 6) is 0. The fourth-order valence-electron chi connectivity index (χ4n) is 2.14. The summed E-state index contributed by atoms with van der Waals surface area (Å²) in [4.78, 5) is 14.9. The minimum Gasteiger partial charge on any atom is -0.326 e. The molecule has 4 nitrogen and oxygen atoms in total. The first-order valence-corrected chi connectivity index (χ1v) is 5.74. The molecule has 0 aromatic rings. The quantitative estimate of drug-likeness (QED) is 0.538. The molecular formula is C11H23N3O. The smallest absolute Gasteiger partial charge is 0.211 e. The molecule has 1 saturated carbocycles. The number of rotatable bonds is 5. The Kier molecular flexibility index (Phi) is 4.54. The Morgan fingerprint density at radius 1 is 1.20 bits per heavy atom. The molecule has 0 atom stereocenters. The zero-order valence-electron chi connectivity index (χ0n) is 9.91. The van der Waals surface area contributed by atoms with Crippen LogP contribution in [0, 0.1) is 0 Å². The van der Waals surface area contributed by atoms with Gasteiger partial charge >= 0.3 is 0 Å². The van der Waals surface area contributed by atoms with E-state index in [1.165, 1.54) is 6.42 Å². The fraction of sp³-hybridized carbons (Fsp3) is 0.909. The first kappa shape index (κ1) is 12.5. The Morgan fingerprint density at radius 3 is 2.27 bits per heavy atom. The van der Waals surface area contributed by atoms with Crippen LogP contribution >= 0.6 is 0 Å². The van der Waals surface area contributed by atoms with Crippen LogP contribution in [-0.2, 0) is 4.79 Å². The van der Waals surface area contributed by atoms with Crippen LogP contribution in [0.3, 0.4) is 0 Å². The number of hydrogen-bond acceptors (Lipinski definition) is 3. The molecule has 0 aliphatic heterocycles. The van der Waals surface area contributed by atoms with Crippen molar-refractivity contribution in [1.29, 1.82) is 0 Å². The molecule has 0 unspecified atom stereocenters. The number of carbonyl (C=O) groups excluding carboxylic acids is 1. The van der Waals surface area contributed by atoms with Crippen molar-refractivity contribution in [1.82, 2.24) is 9.80 Å². The van der Waals surface area contributed by atoms with Gasteiger partial charge in [0.2, 0.25) is 6.41 Å². The van der Waals surface area contributed by atoms with E-state index in [1.54, 1.807) is 4.90 Å². The number of likely N-dealkylation sites (N-methyl/N-ethyl adjacent to an activating group) is 1. The summed E-state index contributed by atoms with van der Waals surface area (Å²) in [6.45, 7) is 1.60. The molecule has 0 aromatic carbocycles. The molecule has 0 heterocycles. The Labute approximate surface area is 92.4 Å². The predicted molar refractivity (Wildman–Crippen MR) is 61.3 cm³/mol. The van der Waals surface area contributed by atoms with E-state index in [1.807, 2.05) is 14.1 Å². The van der Waals surface area contributed by atoms with Crippen LogP contribution in [0.5, 0.6) is 0 Å². The molecule has 1 amide bonds. The van der Waals surface area contributed by atoms with Gasteiger partial charge in [0.1, 0.15) is 0 Å². The Bertz CT molecular complexity index is 200. The molecule has 0 aromatic heterocycles. The van der Waals surface area contributed by atoms with Crippen molar-refractivity contribution in [2.75, 3.05) is 27.2 Å². The average molecular weight is 213 g/mol. The van der Waals surface area contributed by atoms with E-state index in [-0.39, 0.29) is 5.66 Å². The van der Waals surface area contributed by atoms with Crippen LogP contribution in [0.2, 0.25) is 0 Å². The van der Waals surface area contributed by atoms with E-state index >= 15 is 0 Å². The number of carbonyl (C=O) groups is 1. The summed E-state index contributed by atoms with van der Waals surface area (Å²) < 4.78 is 0. The third-order valence-corrected chi connectivity index (χ3v) is 3.21. The molecule has 1 aliphatic rings. The monoisotopic (exact) mass is 213 g/mol. The molecule has 15 heavy (non-hydrogen) atoms. The first-order chi connectivity index (χ1) is 7.08. The molecule has 0 saturated heterocycles. The zero-order chi connectivity index (χ0) is 11.3. The fourth-order valence-corrected chi connectivity index (χ4v) is 2.14. The van der Waals surface area contributed by atoms with Crippen molar-refractivity contribution in [2.24, 2.45) is 5.73 Å². The maximum atomic E-state index is 11.0. The number of amides is 1. The van der Waals surface area contributed by atoms with Crippen LogP contribution in [0.1, 0.15) is 32.1 Å². The Morgan fingerprint density at radius 2 is 1.80 bits per heavy atom. The minimum atomic E-state index is -0.379. The van der Waals surface area contributed by atoms with Gasteiger partial charge in [0.15, 0.2) is 0 Å². The second-order valence-corrected chi connectivity index (χ2v) is 4.77. The van der Waals surface area contributed by atoms with Crippen LogP contribution in [0.15, 0.2) is 0 Å². The third kappa shape index (κ3) is 3.47. The molecule has 88 valence electrons. The number of hydrogen-bond donors (Lipinski definition) is 1. The van der Waals surface area contributed by atoms with Crippen molar-refractivity contribution in [2.45, 2.75) is 37.8 Å². The largest absolute Gasteiger partial charge is 0.326 e. The summed E-state index contributed by atoms with van der Waals surface area (Å²) in [6, 6.07) is 0. The second kappa shape index (κ2) is 5.47. The van der Waals surface area contributed by atoms with Gasteiger partial charge in [0.05, 0.1) is 5.66 Å². The summed E-state index contributed by atoms with van der Waals surface area (Å²) >= 11 is 0. The first-order valence-electron chi connectivity index (χ1n) is 5.74. The van der Waals surface area contributed by atoms with Crippen molar-refractivity contribution < 1.29 is 4.79 Å². The Hall–Kier alpha value is -0.610. The molecule has 4 heteroatoms. The predicted octanol–water partition coefficient (Wildman–Crippen LogP) is 0.626. The van der Waals surface area contributed by atoms with Crippen molar-refractivity contribution in [3.8, 4) is 0 Å². The van der Waals surface area contributed by atoms with E-state index in [0.29, 0.717) is 0 Å². The lowest BCUT2D eigenvalue weighted by molar-refractivity contribution is -0.125. The highest BCUT2D eigenvalue weighted by Gasteiger charge is 2.32. The average Bonchev–Trinajstić information content (AvgIpc) is 2.19. The lowest BCUT2D eigenvalue weighted by Gasteiger charge is -2.41. The van der Waals surface area contributed by atoms with E-state index in [2.05, 4.69) is 4.90 Å². The van der Waals surface area contributed by atoms with Crippen molar-refractivity contribution in [3.05, 3.63) is 0 Å². The van der Waals surface area contributed by atoms with Gasteiger partial charge in [-0.3, -0.25) is 4.79 Å². The highest BCUT2D eigenvalue weighted by molar-refractivity contribution is 5.48. The molecule has 2 N–H and O–H groups in total. The van der Waals surface area contributed by atoms with Gasteiger partial charge in [-0.1, -0.05) is 6.42 Å². The maximum absolute atomic E-state index is 11.0. The van der Waals surface area contributed by atoms with E-state index in [4.69, 9.17) is 5.73 Å². The van der Waals surface area contributed by atoms with Gasteiger partial charge in [-0.15, -0.1) is 0 Å². The highest BCUT2D eigenvalue weighted by Crippen LogP contribution is 2.28. The lowest BCUT2D eigenvalue weighted by atomic mass is 9.88. The summed E-state index contributed by atoms with van der Waals surface area (Å²) in [5.41, 5.74) is 5.90. The van der Waals surface area contributed by atoms with Crippen LogP contribution in [0.25, 0.3) is 0 Å². The lowest BCUT2D eigenvalue weighted by Crippen LogP contribution is -2.57. The summed E-state index contributed by atoms with van der Waals surface area (Å²) in [6.07, 6.45) is 6.33. The van der Waals surface area contributed by atoms with Crippen LogP contribution in [0.4, 0.5) is 0 Å². The molecule has 1 rings (SSSR count). The number of nitrogens with two attached hydrogens (primary N) is 1. The normalized spacial score (nSPS) is 20.3. The molecule has 0 radical (unpaired) electrons. The molecule has 1 aliphatic carbocycles. The topological polar surface area (TPSA) is 49.6 Å². The van der Waals surface area contributed by atoms with Gasteiger partial charge in [-0.25, -0.2) is 0 Å². The van der Waals surface area contributed by atoms with Crippen LogP contribution < -0.4 is 5.73 Å². The van der Waals surface area contributed by atoms with Gasteiger partial charge in [0, 0.05) is 13.1 Å². The third-order valence-electron chi connectivity index (χ3n) is 3.21. The van der Waals surface area contributed by atoms with Gasteiger partial charge in [-0.2, -0.15) is 0 Å². The van der Waals surface area contributed by atoms with Gasteiger partial charge < -0.3 is 15.5 Å². The number of nitrogens with zero attached hydrogens (tertiary/aromatic N) is 2. The summed E-state index contributed by atoms with van der Waals surface area (Å²) in [7, 11) is 4.01. The molecular weight excluding hydrogens is 190 g/mol. The molecule has 0 spiro atoms. The molecule has 0 bridgehead atoms. The molecule has 1 fully saturated rings. The van der Waals surface area contributed by atoms with Crippen molar-refractivity contribution >= 4 is 6.41 Å². The van der Waals surface area contributed by atoms with E-state index in [9.17, 15) is 4.79 Å². The SMILES string of the molecule is CN(C)CCN(C=O)C1(N)CCCCC1. The maximum Gasteiger partial charge on any atom is 0.211 e. The van der Waals surface area contributed by atoms with E-state index in [0.717, 1.165) is 45.2 Å². The van der Waals surface area contributed by atoms with Crippen LogP contribution in [-0.4, -0.2) is 49.1 Å². The van der Waals surface area contributed by atoms with Gasteiger partial charge in [0.25, 0.3) is 0 Å². The highest BCUT2D eigenvalue weighted by atomic mass is 16.1. The Balaban J connectivity index is 2.51. The van der Waals surface area contributed by atoms with Crippen molar-refractivity contribution in [3.63, 3.8) is 0 Å². The van der Waals surface area contributed by atoms with Gasteiger partial charge in [-0.05, 0) is 39.8 Å². The summed E-state index contributed by atoms with van der Waals surface area (Å²) in [5, 5.41) is 0. The minimum absolute atomic E-state index is 0.379. The standard InChI is InChI=1S/C11H23N3O/c1-13(2)8-9-14(10-15)11(12)6-4-3-5-7-11/h10H,3-9,12H2,1-2H3. The second-order valence-electron chi connectivity index (χ2n) is 4.77. The zero-order valence-corrected chi connectivity index (χ0v) is 9.91. The van der Waals surface area contributed by atoms with E-state index < -0.39 is 0 Å².